The molecule has 1 atom stereocenters. The molecular formula is C32H31F2N3O4S. The number of amides is 2. The fourth-order valence-electron chi connectivity index (χ4n) is 4.51. The van der Waals surface area contributed by atoms with Gasteiger partial charge in [-0.15, -0.1) is 0 Å². The zero-order valence-electron chi connectivity index (χ0n) is 23.2. The highest BCUT2D eigenvalue weighted by atomic mass is 32.2. The lowest BCUT2D eigenvalue weighted by atomic mass is 10.0. The lowest BCUT2D eigenvalue weighted by Gasteiger charge is -2.33. The van der Waals surface area contributed by atoms with Gasteiger partial charge in [0, 0.05) is 20.0 Å². The van der Waals surface area contributed by atoms with E-state index >= 15 is 4.39 Å². The standard InChI is InChI=1S/C32H31F2N3O4S/c1-23-12-18-27(19-13-23)42(40,41)37(29-11-7-6-10-28(29)34)22-31(38)36(21-25-14-16-26(33)17-15-25)30(32(39)35-2)20-24-8-4-3-5-9-24/h3-19,30H,20-22H2,1-2H3,(H,35,39)/t30-/m1/s1. The van der Waals surface area contributed by atoms with Gasteiger partial charge in [0.2, 0.25) is 11.8 Å². The van der Waals surface area contributed by atoms with Crippen LogP contribution < -0.4 is 9.62 Å². The molecule has 4 rings (SSSR count). The molecule has 0 bridgehead atoms. The van der Waals surface area contributed by atoms with Gasteiger partial charge in [0.05, 0.1) is 10.6 Å². The Kier molecular flexibility index (Phi) is 9.69. The van der Waals surface area contributed by atoms with E-state index in [-0.39, 0.29) is 23.5 Å². The number of nitrogens with one attached hydrogen (secondary N) is 1. The first-order valence-corrected chi connectivity index (χ1v) is 14.7. The van der Waals surface area contributed by atoms with Crippen LogP contribution in [0.4, 0.5) is 14.5 Å². The quantitative estimate of drug-likeness (QED) is 0.270. The smallest absolute Gasteiger partial charge is 0.264 e. The normalized spacial score (nSPS) is 11.9. The van der Waals surface area contributed by atoms with Gasteiger partial charge in [-0.3, -0.25) is 13.9 Å². The molecule has 2 amide bonds. The van der Waals surface area contributed by atoms with Crippen LogP contribution in [-0.2, 0) is 32.6 Å². The van der Waals surface area contributed by atoms with Crippen LogP contribution in [-0.4, -0.2) is 44.8 Å². The first-order valence-electron chi connectivity index (χ1n) is 13.2. The Labute approximate surface area is 244 Å². The zero-order valence-corrected chi connectivity index (χ0v) is 24.0. The van der Waals surface area contributed by atoms with Crippen molar-refractivity contribution in [3.8, 4) is 0 Å². The summed E-state index contributed by atoms with van der Waals surface area (Å²) in [4.78, 5) is 28.5. The molecule has 218 valence electrons. The lowest BCUT2D eigenvalue weighted by Crippen LogP contribution is -2.53. The second kappa shape index (κ2) is 13.4. The Balaban J connectivity index is 1.79. The van der Waals surface area contributed by atoms with Crippen molar-refractivity contribution in [3.63, 3.8) is 0 Å². The van der Waals surface area contributed by atoms with E-state index in [1.54, 1.807) is 31.2 Å². The summed E-state index contributed by atoms with van der Waals surface area (Å²) in [5.74, 6) is -2.53. The van der Waals surface area contributed by atoms with Crippen LogP contribution in [0.15, 0.2) is 108 Å². The van der Waals surface area contributed by atoms with Gasteiger partial charge in [-0.2, -0.15) is 0 Å². The molecule has 7 nitrogen and oxygen atoms in total. The molecule has 0 unspecified atom stereocenters. The number of benzene rings is 4. The topological polar surface area (TPSA) is 86.8 Å². The maximum Gasteiger partial charge on any atom is 0.264 e. The van der Waals surface area contributed by atoms with Crippen molar-refractivity contribution in [1.82, 2.24) is 10.2 Å². The summed E-state index contributed by atoms with van der Waals surface area (Å²) >= 11 is 0. The Morgan fingerprint density at radius 2 is 1.43 bits per heavy atom. The monoisotopic (exact) mass is 591 g/mol. The molecule has 4 aromatic rings. The van der Waals surface area contributed by atoms with E-state index in [1.807, 2.05) is 18.2 Å². The Hall–Kier alpha value is -4.57. The summed E-state index contributed by atoms with van der Waals surface area (Å²) in [7, 11) is -2.98. The molecule has 0 saturated carbocycles. The van der Waals surface area contributed by atoms with E-state index in [0.29, 0.717) is 5.56 Å². The average Bonchev–Trinajstić information content (AvgIpc) is 2.99. The summed E-state index contributed by atoms with van der Waals surface area (Å²) < 4.78 is 57.2. The highest BCUT2D eigenvalue weighted by molar-refractivity contribution is 7.92. The van der Waals surface area contributed by atoms with Crippen LogP contribution in [0.2, 0.25) is 0 Å². The van der Waals surface area contributed by atoms with Gasteiger partial charge in [0.1, 0.15) is 24.2 Å². The number of nitrogens with zero attached hydrogens (tertiary/aromatic N) is 2. The number of halogens is 2. The Bertz CT molecular complexity index is 1630. The number of hydrogen-bond acceptors (Lipinski definition) is 4. The van der Waals surface area contributed by atoms with Gasteiger partial charge < -0.3 is 10.2 Å². The number of sulfonamides is 1. The predicted octanol–water partition coefficient (Wildman–Crippen LogP) is 4.85. The molecule has 0 fully saturated rings. The molecule has 10 heteroatoms. The molecule has 42 heavy (non-hydrogen) atoms. The first-order chi connectivity index (χ1) is 20.1. The van der Waals surface area contributed by atoms with Crippen molar-refractivity contribution in [1.29, 1.82) is 0 Å². The number of rotatable bonds is 11. The molecule has 4 aromatic carbocycles. The van der Waals surface area contributed by atoms with Gasteiger partial charge in [-0.1, -0.05) is 72.3 Å². The number of hydrogen-bond donors (Lipinski definition) is 1. The molecule has 0 aliphatic heterocycles. The first kappa shape index (κ1) is 30.4. The van der Waals surface area contributed by atoms with Gasteiger partial charge in [0.25, 0.3) is 10.0 Å². The second-order valence-electron chi connectivity index (χ2n) is 9.74. The van der Waals surface area contributed by atoms with Gasteiger partial charge >= 0.3 is 0 Å². The minimum absolute atomic E-state index is 0.123. The van der Waals surface area contributed by atoms with Crippen LogP contribution in [0.25, 0.3) is 0 Å². The van der Waals surface area contributed by atoms with Crippen molar-refractivity contribution >= 4 is 27.5 Å². The van der Waals surface area contributed by atoms with Crippen molar-refractivity contribution in [2.45, 2.75) is 30.8 Å². The average molecular weight is 592 g/mol. The van der Waals surface area contributed by atoms with E-state index in [4.69, 9.17) is 0 Å². The summed E-state index contributed by atoms with van der Waals surface area (Å²) in [6.07, 6.45) is 0.123. The van der Waals surface area contributed by atoms with Crippen molar-refractivity contribution in [2.24, 2.45) is 0 Å². The Morgan fingerprint density at radius 1 is 0.810 bits per heavy atom. The van der Waals surface area contributed by atoms with E-state index in [1.165, 1.54) is 66.5 Å². The third-order valence-electron chi connectivity index (χ3n) is 6.79. The fourth-order valence-corrected chi connectivity index (χ4v) is 5.93. The number of carbonyl (C=O) groups excluding carboxylic acids is 2. The van der Waals surface area contributed by atoms with Crippen molar-refractivity contribution < 1.29 is 26.8 Å². The molecule has 0 saturated heterocycles. The SMILES string of the molecule is CNC(=O)[C@@H](Cc1ccccc1)N(Cc1ccc(F)cc1)C(=O)CN(c1ccccc1F)S(=O)(=O)c1ccc(C)cc1. The molecule has 1 N–H and O–H groups in total. The maximum absolute atomic E-state index is 15.1. The molecule has 0 aliphatic carbocycles. The Morgan fingerprint density at radius 3 is 2.05 bits per heavy atom. The minimum Gasteiger partial charge on any atom is -0.357 e. The summed E-state index contributed by atoms with van der Waals surface area (Å²) in [6, 6.07) is 24.7. The number of para-hydroxylation sites is 1. The summed E-state index contributed by atoms with van der Waals surface area (Å²) in [6.45, 7) is 0.883. The molecule has 0 radical (unpaired) electrons. The zero-order chi connectivity index (χ0) is 30.3. The number of carbonyl (C=O) groups is 2. The van der Waals surface area contributed by atoms with E-state index in [9.17, 15) is 22.4 Å². The van der Waals surface area contributed by atoms with Gasteiger partial charge in [-0.25, -0.2) is 17.2 Å². The van der Waals surface area contributed by atoms with Gasteiger partial charge in [-0.05, 0) is 54.4 Å². The summed E-state index contributed by atoms with van der Waals surface area (Å²) in [5.41, 5.74) is 1.79. The van der Waals surface area contributed by atoms with Gasteiger partial charge in [0.15, 0.2) is 0 Å². The predicted molar refractivity (Wildman–Crippen MR) is 157 cm³/mol. The fraction of sp³-hybridized carbons (Fsp3) is 0.188. The molecule has 0 aliphatic rings. The molecule has 0 heterocycles. The molecule has 0 spiro atoms. The molecular weight excluding hydrogens is 560 g/mol. The van der Waals surface area contributed by atoms with Crippen LogP contribution in [0.1, 0.15) is 16.7 Å². The van der Waals surface area contributed by atoms with Crippen LogP contribution in [0.3, 0.4) is 0 Å². The minimum atomic E-state index is -4.42. The highest BCUT2D eigenvalue weighted by Crippen LogP contribution is 2.27. The third kappa shape index (κ3) is 7.19. The van der Waals surface area contributed by atoms with Crippen molar-refractivity contribution in [2.75, 3.05) is 17.9 Å². The lowest BCUT2D eigenvalue weighted by molar-refractivity contribution is -0.139. The number of likely N-dealkylation sites (N-methyl/N-ethyl adjacent to an activating group) is 1. The third-order valence-corrected chi connectivity index (χ3v) is 8.57. The number of aryl methyl sites for hydroxylation is 1. The highest BCUT2D eigenvalue weighted by Gasteiger charge is 2.35. The maximum atomic E-state index is 15.1. The van der Waals surface area contributed by atoms with Crippen LogP contribution in [0, 0.1) is 18.6 Å². The second-order valence-corrected chi connectivity index (χ2v) is 11.6. The van der Waals surface area contributed by atoms with Crippen molar-refractivity contribution in [3.05, 3.63) is 131 Å². The molecule has 0 aromatic heterocycles. The largest absolute Gasteiger partial charge is 0.357 e. The summed E-state index contributed by atoms with van der Waals surface area (Å²) in [5, 5.41) is 2.59. The van der Waals surface area contributed by atoms with E-state index in [0.717, 1.165) is 21.5 Å². The van der Waals surface area contributed by atoms with Crippen LogP contribution >= 0.6 is 0 Å². The van der Waals surface area contributed by atoms with E-state index < -0.39 is 46.1 Å². The number of anilines is 1. The van der Waals surface area contributed by atoms with E-state index in [2.05, 4.69) is 5.32 Å². The van der Waals surface area contributed by atoms with Crippen LogP contribution in [0.5, 0.6) is 0 Å².